The lowest BCUT2D eigenvalue weighted by Gasteiger charge is -2.20. The van der Waals surface area contributed by atoms with Gasteiger partial charge in [-0.3, -0.25) is 4.79 Å². The lowest BCUT2D eigenvalue weighted by Crippen LogP contribution is -2.45. The molecular formula is C13H18O6. The maximum atomic E-state index is 11.5. The fourth-order valence-corrected chi connectivity index (χ4v) is 1.44. The summed E-state index contributed by atoms with van der Waals surface area (Å²) in [6.07, 6.45) is -5.07. The molecule has 1 aromatic carbocycles. The average Bonchev–Trinajstić information content (AvgIpc) is 2.45. The van der Waals surface area contributed by atoms with Gasteiger partial charge in [0.2, 0.25) is 0 Å². The second-order valence-electron chi connectivity index (χ2n) is 4.13. The topological polar surface area (TPSA) is 107 Å². The molecule has 6 nitrogen and oxygen atoms in total. The number of rotatable bonds is 8. The first-order chi connectivity index (χ1) is 9.06. The van der Waals surface area contributed by atoms with Gasteiger partial charge in [0, 0.05) is 0 Å². The number of hydrogen-bond acceptors (Lipinski definition) is 6. The summed E-state index contributed by atoms with van der Waals surface area (Å²) in [5, 5.41) is 36.5. The largest absolute Gasteiger partial charge is 0.394 e. The fourth-order valence-electron chi connectivity index (χ4n) is 1.44. The van der Waals surface area contributed by atoms with E-state index in [0.717, 1.165) is 5.56 Å². The van der Waals surface area contributed by atoms with Crippen LogP contribution in [0.15, 0.2) is 30.3 Å². The van der Waals surface area contributed by atoms with Gasteiger partial charge in [-0.1, -0.05) is 30.3 Å². The molecule has 106 valence electrons. The van der Waals surface area contributed by atoms with Crippen LogP contribution in [0.3, 0.4) is 0 Å². The van der Waals surface area contributed by atoms with Crippen LogP contribution < -0.4 is 0 Å². The van der Waals surface area contributed by atoms with Gasteiger partial charge in [-0.25, -0.2) is 0 Å². The van der Waals surface area contributed by atoms with Crippen molar-refractivity contribution in [3.8, 4) is 0 Å². The summed E-state index contributed by atoms with van der Waals surface area (Å²) in [7, 11) is 0. The summed E-state index contributed by atoms with van der Waals surface area (Å²) in [5.41, 5.74) is 0.876. The van der Waals surface area contributed by atoms with Crippen LogP contribution in [0.25, 0.3) is 0 Å². The Morgan fingerprint density at radius 3 is 2.37 bits per heavy atom. The first kappa shape index (κ1) is 15.7. The Morgan fingerprint density at radius 1 is 1.16 bits per heavy atom. The maximum Gasteiger partial charge on any atom is 0.189 e. The molecule has 0 aromatic heterocycles. The van der Waals surface area contributed by atoms with E-state index in [4.69, 9.17) is 14.9 Å². The van der Waals surface area contributed by atoms with Gasteiger partial charge in [0.05, 0.1) is 13.2 Å². The summed E-state index contributed by atoms with van der Waals surface area (Å²) in [5.74, 6) is -0.754. The Hall–Kier alpha value is -1.31. The molecule has 0 saturated carbocycles. The molecule has 0 aliphatic carbocycles. The van der Waals surface area contributed by atoms with Crippen molar-refractivity contribution in [3.05, 3.63) is 35.9 Å². The first-order valence-corrected chi connectivity index (χ1v) is 5.85. The predicted molar refractivity (Wildman–Crippen MR) is 66.2 cm³/mol. The minimum absolute atomic E-state index is 0.206. The number of carbonyl (C=O) groups is 1. The van der Waals surface area contributed by atoms with Crippen LogP contribution in [-0.4, -0.2) is 57.7 Å². The van der Waals surface area contributed by atoms with E-state index in [-0.39, 0.29) is 13.2 Å². The highest BCUT2D eigenvalue weighted by molar-refractivity contribution is 5.84. The van der Waals surface area contributed by atoms with Gasteiger partial charge in [-0.2, -0.15) is 0 Å². The van der Waals surface area contributed by atoms with E-state index in [2.05, 4.69) is 0 Å². The van der Waals surface area contributed by atoms with Crippen molar-refractivity contribution in [2.24, 2.45) is 0 Å². The number of aliphatic hydroxyl groups excluding tert-OH is 4. The van der Waals surface area contributed by atoms with Gasteiger partial charge in [0.15, 0.2) is 5.78 Å². The van der Waals surface area contributed by atoms with Crippen molar-refractivity contribution in [1.29, 1.82) is 0 Å². The van der Waals surface area contributed by atoms with Crippen molar-refractivity contribution >= 4 is 5.78 Å². The van der Waals surface area contributed by atoms with E-state index in [1.165, 1.54) is 0 Å². The van der Waals surface area contributed by atoms with Crippen molar-refractivity contribution in [2.75, 3.05) is 13.2 Å². The molecule has 4 N–H and O–H groups in total. The normalized spacial score (nSPS) is 15.8. The second kappa shape index (κ2) is 7.98. The van der Waals surface area contributed by atoms with Gasteiger partial charge >= 0.3 is 0 Å². The third kappa shape index (κ3) is 5.06. The number of hydrogen-bond donors (Lipinski definition) is 4. The standard InChI is InChI=1S/C13H18O6/c14-6-10(15)12(17)13(18)11(16)8-19-7-9-4-2-1-3-5-9/h1-5,10,12-15,17-18H,6-8H2/t10-,12+,13+/m0/s1. The SMILES string of the molecule is O=C(COCc1ccccc1)[C@@H](O)[C@H](O)[C@@H](O)CO. The third-order valence-corrected chi connectivity index (χ3v) is 2.59. The Labute approximate surface area is 110 Å². The molecule has 0 fully saturated rings. The lowest BCUT2D eigenvalue weighted by molar-refractivity contribution is -0.145. The highest BCUT2D eigenvalue weighted by Gasteiger charge is 2.29. The smallest absolute Gasteiger partial charge is 0.189 e. The zero-order valence-electron chi connectivity index (χ0n) is 10.3. The molecule has 1 rings (SSSR count). The van der Waals surface area contributed by atoms with Gasteiger partial charge in [0.1, 0.15) is 24.9 Å². The third-order valence-electron chi connectivity index (χ3n) is 2.59. The molecule has 0 saturated heterocycles. The molecule has 6 heteroatoms. The number of benzene rings is 1. The summed E-state index contributed by atoms with van der Waals surface area (Å²) in [6.45, 7) is -0.917. The molecule has 1 aromatic rings. The molecule has 0 amide bonds. The summed E-state index contributed by atoms with van der Waals surface area (Å²) in [6, 6.07) is 9.16. The van der Waals surface area contributed by atoms with E-state index >= 15 is 0 Å². The van der Waals surface area contributed by atoms with E-state index in [1.807, 2.05) is 30.3 Å². The molecular weight excluding hydrogens is 252 g/mol. The quantitative estimate of drug-likeness (QED) is 0.475. The molecule has 0 radical (unpaired) electrons. The van der Waals surface area contributed by atoms with Gasteiger partial charge < -0.3 is 25.2 Å². The number of ketones is 1. The van der Waals surface area contributed by atoms with Crippen LogP contribution in [0.4, 0.5) is 0 Å². The van der Waals surface area contributed by atoms with Crippen molar-refractivity contribution in [1.82, 2.24) is 0 Å². The van der Waals surface area contributed by atoms with E-state index in [1.54, 1.807) is 0 Å². The fraction of sp³-hybridized carbons (Fsp3) is 0.462. The van der Waals surface area contributed by atoms with Crippen LogP contribution in [0.5, 0.6) is 0 Å². The number of aliphatic hydroxyl groups is 4. The molecule has 0 spiro atoms. The van der Waals surface area contributed by atoms with E-state index in [9.17, 15) is 15.0 Å². The monoisotopic (exact) mass is 270 g/mol. The Balaban J connectivity index is 2.35. The Kier molecular flexibility index (Phi) is 6.61. The minimum Gasteiger partial charge on any atom is -0.394 e. The van der Waals surface area contributed by atoms with Crippen LogP contribution in [-0.2, 0) is 16.1 Å². The zero-order valence-corrected chi connectivity index (χ0v) is 10.3. The number of Topliss-reactive ketones (excluding diaryl/α,β-unsaturated/α-hetero) is 1. The average molecular weight is 270 g/mol. The highest BCUT2D eigenvalue weighted by Crippen LogP contribution is 2.04. The molecule has 0 heterocycles. The Bertz CT molecular complexity index is 380. The summed E-state index contributed by atoms with van der Waals surface area (Å²) >= 11 is 0. The molecule has 0 aliphatic heterocycles. The lowest BCUT2D eigenvalue weighted by atomic mass is 10.1. The maximum absolute atomic E-state index is 11.5. The minimum atomic E-state index is -1.78. The number of carbonyl (C=O) groups excluding carboxylic acids is 1. The molecule has 19 heavy (non-hydrogen) atoms. The summed E-state index contributed by atoms with van der Waals surface area (Å²) in [4.78, 5) is 11.5. The van der Waals surface area contributed by atoms with Gasteiger partial charge in [-0.05, 0) is 5.56 Å². The first-order valence-electron chi connectivity index (χ1n) is 5.85. The van der Waals surface area contributed by atoms with Gasteiger partial charge in [0.25, 0.3) is 0 Å². The molecule has 3 atom stereocenters. The van der Waals surface area contributed by atoms with Crippen LogP contribution in [0.1, 0.15) is 5.56 Å². The molecule has 0 bridgehead atoms. The van der Waals surface area contributed by atoms with Gasteiger partial charge in [-0.15, -0.1) is 0 Å². The van der Waals surface area contributed by atoms with Crippen molar-refractivity contribution in [3.63, 3.8) is 0 Å². The van der Waals surface area contributed by atoms with Crippen LogP contribution in [0.2, 0.25) is 0 Å². The Morgan fingerprint density at radius 2 is 1.79 bits per heavy atom. The zero-order chi connectivity index (χ0) is 14.3. The predicted octanol–water partition coefficient (Wildman–Crippen LogP) is -1.15. The van der Waals surface area contributed by atoms with Crippen LogP contribution >= 0.6 is 0 Å². The van der Waals surface area contributed by atoms with E-state index in [0.29, 0.717) is 0 Å². The van der Waals surface area contributed by atoms with E-state index < -0.39 is 30.7 Å². The molecule has 0 aliphatic rings. The van der Waals surface area contributed by atoms with Crippen LogP contribution in [0, 0.1) is 0 Å². The second-order valence-corrected chi connectivity index (χ2v) is 4.13. The highest BCUT2D eigenvalue weighted by atomic mass is 16.5. The number of ether oxygens (including phenoxy) is 1. The summed E-state index contributed by atoms with van der Waals surface area (Å²) < 4.78 is 5.10. The van der Waals surface area contributed by atoms with Crippen molar-refractivity contribution < 1.29 is 30.0 Å². The van der Waals surface area contributed by atoms with Crippen molar-refractivity contribution in [2.45, 2.75) is 24.9 Å². The molecule has 0 unspecified atom stereocenters.